The van der Waals surface area contributed by atoms with Gasteiger partial charge in [0, 0.05) is 0 Å². The van der Waals surface area contributed by atoms with Crippen LogP contribution in [0.3, 0.4) is 0 Å². The highest BCUT2D eigenvalue weighted by atomic mass is 16.5. The van der Waals surface area contributed by atoms with Crippen LogP contribution >= 0.6 is 0 Å². The third kappa shape index (κ3) is 3.35. The second-order valence-corrected chi connectivity index (χ2v) is 5.16. The number of carbonyl (C=O) groups is 1. The second kappa shape index (κ2) is 6.38. The lowest BCUT2D eigenvalue weighted by Crippen LogP contribution is -2.34. The molecule has 19 heavy (non-hydrogen) atoms. The molecule has 0 heterocycles. The van der Waals surface area contributed by atoms with Gasteiger partial charge >= 0.3 is 5.97 Å². The zero-order valence-corrected chi connectivity index (χ0v) is 12.1. The molecule has 1 unspecified atom stereocenters. The SMILES string of the molecule is CCOC(=O)C(C)(CC#N)c1ccc(C(C)C)cc1. The Balaban J connectivity index is 3.12. The molecule has 1 aromatic carbocycles. The highest BCUT2D eigenvalue weighted by Crippen LogP contribution is 2.30. The first-order valence-electron chi connectivity index (χ1n) is 6.60. The molecule has 1 aromatic rings. The summed E-state index contributed by atoms with van der Waals surface area (Å²) in [4.78, 5) is 12.1. The van der Waals surface area contributed by atoms with Crippen molar-refractivity contribution in [1.29, 1.82) is 5.26 Å². The summed E-state index contributed by atoms with van der Waals surface area (Å²) in [6.45, 7) is 8.10. The van der Waals surface area contributed by atoms with E-state index in [0.29, 0.717) is 12.5 Å². The first kappa shape index (κ1) is 15.2. The highest BCUT2D eigenvalue weighted by Gasteiger charge is 2.36. The van der Waals surface area contributed by atoms with Crippen LogP contribution in [0, 0.1) is 11.3 Å². The van der Waals surface area contributed by atoms with Gasteiger partial charge in [-0.2, -0.15) is 5.26 Å². The van der Waals surface area contributed by atoms with Gasteiger partial charge in [-0.1, -0.05) is 38.1 Å². The van der Waals surface area contributed by atoms with E-state index in [1.54, 1.807) is 13.8 Å². The molecule has 3 nitrogen and oxygen atoms in total. The number of nitriles is 1. The molecular weight excluding hydrogens is 238 g/mol. The lowest BCUT2D eigenvalue weighted by Gasteiger charge is -2.25. The first-order valence-corrected chi connectivity index (χ1v) is 6.60. The topological polar surface area (TPSA) is 50.1 Å². The van der Waals surface area contributed by atoms with Crippen LogP contribution < -0.4 is 0 Å². The molecule has 1 atom stereocenters. The van der Waals surface area contributed by atoms with Crippen molar-refractivity contribution in [2.24, 2.45) is 0 Å². The standard InChI is InChI=1S/C16H21NO2/c1-5-19-15(18)16(4,10-11-17)14-8-6-13(7-9-14)12(2)3/h6-9,12H,5,10H2,1-4H3. The zero-order chi connectivity index (χ0) is 14.5. The van der Waals surface area contributed by atoms with Crippen LogP contribution in [0.25, 0.3) is 0 Å². The van der Waals surface area contributed by atoms with Crippen molar-refractivity contribution in [3.63, 3.8) is 0 Å². The van der Waals surface area contributed by atoms with Crippen molar-refractivity contribution in [2.75, 3.05) is 6.61 Å². The predicted molar refractivity (Wildman–Crippen MR) is 74.7 cm³/mol. The normalized spacial score (nSPS) is 13.7. The van der Waals surface area contributed by atoms with E-state index < -0.39 is 5.41 Å². The molecular formula is C16H21NO2. The quantitative estimate of drug-likeness (QED) is 0.760. The molecule has 1 rings (SSSR count). The molecule has 0 N–H and O–H groups in total. The van der Waals surface area contributed by atoms with Gasteiger partial charge in [0.05, 0.1) is 19.1 Å². The molecule has 0 saturated carbocycles. The summed E-state index contributed by atoms with van der Waals surface area (Å²) in [6.07, 6.45) is 0.118. The number of hydrogen-bond acceptors (Lipinski definition) is 3. The van der Waals surface area contributed by atoms with Gasteiger partial charge in [-0.3, -0.25) is 4.79 Å². The Labute approximate surface area is 115 Å². The molecule has 0 aromatic heterocycles. The van der Waals surface area contributed by atoms with Gasteiger partial charge in [-0.05, 0) is 30.9 Å². The number of esters is 1. The largest absolute Gasteiger partial charge is 0.465 e. The van der Waals surface area contributed by atoms with E-state index in [-0.39, 0.29) is 12.4 Å². The number of benzene rings is 1. The molecule has 0 fully saturated rings. The maximum absolute atomic E-state index is 12.1. The highest BCUT2D eigenvalue weighted by molar-refractivity contribution is 5.83. The Morgan fingerprint density at radius 1 is 1.37 bits per heavy atom. The van der Waals surface area contributed by atoms with E-state index in [4.69, 9.17) is 10.00 Å². The van der Waals surface area contributed by atoms with Gasteiger partial charge in [0.2, 0.25) is 0 Å². The number of rotatable bonds is 5. The smallest absolute Gasteiger partial charge is 0.317 e. The average molecular weight is 259 g/mol. The minimum Gasteiger partial charge on any atom is -0.465 e. The number of carbonyl (C=O) groups excluding carboxylic acids is 1. The van der Waals surface area contributed by atoms with Crippen LogP contribution in [-0.4, -0.2) is 12.6 Å². The Hall–Kier alpha value is -1.82. The summed E-state index contributed by atoms with van der Waals surface area (Å²) >= 11 is 0. The van der Waals surface area contributed by atoms with Crippen molar-refractivity contribution in [3.05, 3.63) is 35.4 Å². The maximum Gasteiger partial charge on any atom is 0.317 e. The van der Waals surface area contributed by atoms with Gasteiger partial charge in [0.15, 0.2) is 0 Å². The van der Waals surface area contributed by atoms with E-state index in [2.05, 4.69) is 19.9 Å². The van der Waals surface area contributed by atoms with E-state index >= 15 is 0 Å². The van der Waals surface area contributed by atoms with Crippen LogP contribution in [0.2, 0.25) is 0 Å². The minimum atomic E-state index is -0.889. The van der Waals surface area contributed by atoms with Crippen LogP contribution in [-0.2, 0) is 14.9 Å². The van der Waals surface area contributed by atoms with Crippen molar-refractivity contribution in [2.45, 2.75) is 45.4 Å². The molecule has 3 heteroatoms. The van der Waals surface area contributed by atoms with Gasteiger partial charge < -0.3 is 4.74 Å². The van der Waals surface area contributed by atoms with Crippen LogP contribution in [0.4, 0.5) is 0 Å². The van der Waals surface area contributed by atoms with Gasteiger partial charge in [0.1, 0.15) is 5.41 Å². The Morgan fingerprint density at radius 3 is 2.37 bits per heavy atom. The number of ether oxygens (including phenoxy) is 1. The molecule has 0 aliphatic carbocycles. The predicted octanol–water partition coefficient (Wildman–Crippen LogP) is 3.54. The van der Waals surface area contributed by atoms with E-state index in [9.17, 15) is 4.79 Å². The fourth-order valence-corrected chi connectivity index (χ4v) is 1.98. The van der Waals surface area contributed by atoms with E-state index in [1.807, 2.05) is 24.3 Å². The van der Waals surface area contributed by atoms with Crippen molar-refractivity contribution >= 4 is 5.97 Å². The first-order chi connectivity index (χ1) is 8.95. The molecule has 0 saturated heterocycles. The fraction of sp³-hybridized carbons (Fsp3) is 0.500. The van der Waals surface area contributed by atoms with Gasteiger partial charge in [0.25, 0.3) is 0 Å². The molecule has 102 valence electrons. The summed E-state index contributed by atoms with van der Waals surface area (Å²) < 4.78 is 5.10. The Kier molecular flexibility index (Phi) is 5.11. The molecule has 0 radical (unpaired) electrons. The van der Waals surface area contributed by atoms with Crippen LogP contribution in [0.5, 0.6) is 0 Å². The minimum absolute atomic E-state index is 0.118. The summed E-state index contributed by atoms with van der Waals surface area (Å²) in [7, 11) is 0. The third-order valence-electron chi connectivity index (χ3n) is 3.37. The Bertz CT molecular complexity index is 471. The zero-order valence-electron chi connectivity index (χ0n) is 12.1. The van der Waals surface area contributed by atoms with E-state index in [0.717, 1.165) is 5.56 Å². The van der Waals surface area contributed by atoms with E-state index in [1.165, 1.54) is 5.56 Å². The van der Waals surface area contributed by atoms with Gasteiger partial charge in [-0.25, -0.2) is 0 Å². The monoisotopic (exact) mass is 259 g/mol. The molecule has 0 bridgehead atoms. The van der Waals surface area contributed by atoms with Crippen LogP contribution in [0.1, 0.15) is 51.2 Å². The van der Waals surface area contributed by atoms with Crippen molar-refractivity contribution in [1.82, 2.24) is 0 Å². The summed E-state index contributed by atoms with van der Waals surface area (Å²) in [5.41, 5.74) is 1.16. The van der Waals surface area contributed by atoms with Crippen molar-refractivity contribution in [3.8, 4) is 6.07 Å². The third-order valence-corrected chi connectivity index (χ3v) is 3.37. The number of hydrogen-bond donors (Lipinski definition) is 0. The fourth-order valence-electron chi connectivity index (χ4n) is 1.98. The van der Waals surface area contributed by atoms with Crippen molar-refractivity contribution < 1.29 is 9.53 Å². The van der Waals surface area contributed by atoms with Gasteiger partial charge in [-0.15, -0.1) is 0 Å². The molecule has 0 aliphatic rings. The number of nitrogens with zero attached hydrogens (tertiary/aromatic N) is 1. The lowest BCUT2D eigenvalue weighted by molar-refractivity contribution is -0.149. The Morgan fingerprint density at radius 2 is 1.95 bits per heavy atom. The summed E-state index contributed by atoms with van der Waals surface area (Å²) in [5.74, 6) is 0.104. The summed E-state index contributed by atoms with van der Waals surface area (Å²) in [6, 6.07) is 9.94. The second-order valence-electron chi connectivity index (χ2n) is 5.16. The lowest BCUT2D eigenvalue weighted by atomic mass is 9.79. The summed E-state index contributed by atoms with van der Waals surface area (Å²) in [5, 5.41) is 8.97. The maximum atomic E-state index is 12.1. The molecule has 0 aliphatic heterocycles. The van der Waals surface area contributed by atoms with Crippen LogP contribution in [0.15, 0.2) is 24.3 Å². The molecule has 0 spiro atoms. The average Bonchev–Trinajstić information content (AvgIpc) is 2.39. The molecule has 0 amide bonds.